The van der Waals surface area contributed by atoms with Crippen molar-refractivity contribution < 1.29 is 8.42 Å². The van der Waals surface area contributed by atoms with Gasteiger partial charge in [-0.25, -0.2) is 13.1 Å². The minimum absolute atomic E-state index is 0.0963. The zero-order valence-corrected chi connectivity index (χ0v) is 8.43. The van der Waals surface area contributed by atoms with Gasteiger partial charge in [-0.15, -0.1) is 0 Å². The van der Waals surface area contributed by atoms with E-state index in [2.05, 4.69) is 0 Å². The highest BCUT2D eigenvalue weighted by Gasteiger charge is 2.13. The molecule has 5 nitrogen and oxygen atoms in total. The van der Waals surface area contributed by atoms with E-state index in [1.807, 2.05) is 0 Å². The molecule has 1 aromatic rings. The van der Waals surface area contributed by atoms with Crippen molar-refractivity contribution in [3.8, 4) is 6.19 Å². The van der Waals surface area contributed by atoms with Crippen LogP contribution in [-0.4, -0.2) is 8.42 Å². The van der Waals surface area contributed by atoms with Crippen molar-refractivity contribution in [1.29, 1.82) is 5.26 Å². The number of hydrogen-bond donors (Lipinski definition) is 2. The maximum atomic E-state index is 11.3. The second-order valence-electron chi connectivity index (χ2n) is 2.40. The molecule has 0 bridgehead atoms. The van der Waals surface area contributed by atoms with Gasteiger partial charge in [-0.05, 0) is 18.2 Å². The van der Waals surface area contributed by atoms with Gasteiger partial charge < -0.3 is 5.73 Å². The van der Waals surface area contributed by atoms with Crippen molar-refractivity contribution >= 4 is 27.3 Å². The number of benzene rings is 1. The third-order valence-corrected chi connectivity index (χ3v) is 3.04. The molecule has 0 saturated carbocycles. The number of hydrogen-bond acceptors (Lipinski definition) is 4. The van der Waals surface area contributed by atoms with Crippen molar-refractivity contribution in [2.75, 3.05) is 5.73 Å². The molecule has 0 heterocycles. The average Bonchev–Trinajstić information content (AvgIpc) is 2.09. The summed E-state index contributed by atoms with van der Waals surface area (Å²) in [5.41, 5.74) is 5.55. The maximum Gasteiger partial charge on any atom is 0.270 e. The molecule has 0 amide bonds. The summed E-state index contributed by atoms with van der Waals surface area (Å²) >= 11 is 5.60. The molecule has 0 saturated heterocycles. The van der Waals surface area contributed by atoms with Gasteiger partial charge in [0, 0.05) is 0 Å². The quantitative estimate of drug-likeness (QED) is 0.444. The first-order chi connectivity index (χ1) is 6.47. The normalized spacial score (nSPS) is 10.6. The lowest BCUT2D eigenvalue weighted by molar-refractivity contribution is 0.591. The molecule has 0 radical (unpaired) electrons. The van der Waals surface area contributed by atoms with E-state index in [9.17, 15) is 8.42 Å². The van der Waals surface area contributed by atoms with E-state index in [-0.39, 0.29) is 15.6 Å². The van der Waals surface area contributed by atoms with Gasteiger partial charge in [-0.3, -0.25) is 0 Å². The zero-order valence-electron chi connectivity index (χ0n) is 6.86. The van der Waals surface area contributed by atoms with Crippen LogP contribution in [0.15, 0.2) is 23.1 Å². The number of rotatable bonds is 2. The Balaban J connectivity index is 3.23. The third kappa shape index (κ3) is 2.07. The van der Waals surface area contributed by atoms with Crippen LogP contribution >= 0.6 is 11.6 Å². The molecule has 0 unspecified atom stereocenters. The highest BCUT2D eigenvalue weighted by molar-refractivity contribution is 7.89. The van der Waals surface area contributed by atoms with E-state index < -0.39 is 10.0 Å². The molecule has 3 N–H and O–H groups in total. The lowest BCUT2D eigenvalue weighted by atomic mass is 10.3. The Morgan fingerprint density at radius 3 is 2.64 bits per heavy atom. The first kappa shape index (κ1) is 10.6. The molecule has 74 valence electrons. The second kappa shape index (κ2) is 3.74. The lowest BCUT2D eigenvalue weighted by Gasteiger charge is -2.03. The number of sulfonamides is 1. The van der Waals surface area contributed by atoms with Crippen molar-refractivity contribution in [2.24, 2.45) is 0 Å². The van der Waals surface area contributed by atoms with Crippen LogP contribution in [0.25, 0.3) is 0 Å². The molecule has 0 aliphatic rings. The number of nitrogen functional groups attached to an aromatic ring is 1. The fraction of sp³-hybridized carbons (Fsp3) is 0. The summed E-state index contributed by atoms with van der Waals surface area (Å²) in [6.07, 6.45) is 1.33. The standard InChI is InChI=1S/C7H6ClN3O2S/c8-6-2-1-5(3-7(6)10)14(12,13)11-4-9/h1-3,11H,10H2. The molecule has 1 aromatic carbocycles. The monoisotopic (exact) mass is 231 g/mol. The van der Waals surface area contributed by atoms with Crippen LogP contribution in [0.5, 0.6) is 0 Å². The van der Waals surface area contributed by atoms with Crippen molar-refractivity contribution in [3.05, 3.63) is 23.2 Å². The zero-order chi connectivity index (χ0) is 10.8. The highest BCUT2D eigenvalue weighted by Crippen LogP contribution is 2.21. The smallest absolute Gasteiger partial charge is 0.270 e. The molecule has 0 spiro atoms. The SMILES string of the molecule is N#CNS(=O)(=O)c1ccc(Cl)c(N)c1. The van der Waals surface area contributed by atoms with Gasteiger partial charge >= 0.3 is 0 Å². The minimum atomic E-state index is -3.80. The van der Waals surface area contributed by atoms with Gasteiger partial charge in [0.25, 0.3) is 10.0 Å². The molecule has 7 heteroatoms. The molecular formula is C7H6ClN3O2S. The summed E-state index contributed by atoms with van der Waals surface area (Å²) < 4.78 is 24.2. The Labute approximate surface area is 86.1 Å². The molecule has 14 heavy (non-hydrogen) atoms. The fourth-order valence-corrected chi connectivity index (χ4v) is 1.69. The van der Waals surface area contributed by atoms with Crippen molar-refractivity contribution in [3.63, 3.8) is 0 Å². The Morgan fingerprint density at radius 1 is 1.50 bits per heavy atom. The van der Waals surface area contributed by atoms with Crippen LogP contribution in [0.2, 0.25) is 5.02 Å². The molecule has 1 rings (SSSR count). The van der Waals surface area contributed by atoms with Gasteiger partial charge in [-0.2, -0.15) is 5.26 Å². The Hall–Kier alpha value is -1.45. The van der Waals surface area contributed by atoms with Gasteiger partial charge in [0.15, 0.2) is 6.19 Å². The van der Waals surface area contributed by atoms with E-state index >= 15 is 0 Å². The van der Waals surface area contributed by atoms with Crippen LogP contribution in [0.4, 0.5) is 5.69 Å². The van der Waals surface area contributed by atoms with Crippen molar-refractivity contribution in [2.45, 2.75) is 4.90 Å². The second-order valence-corrected chi connectivity index (χ2v) is 4.49. The molecule has 0 aliphatic carbocycles. The van der Waals surface area contributed by atoms with Gasteiger partial charge in [-0.1, -0.05) is 11.6 Å². The molecule has 0 fully saturated rings. The fourth-order valence-electron chi connectivity index (χ4n) is 0.808. The first-order valence-corrected chi connectivity index (χ1v) is 5.29. The molecular weight excluding hydrogens is 226 g/mol. The van der Waals surface area contributed by atoms with Crippen LogP contribution < -0.4 is 10.5 Å². The summed E-state index contributed by atoms with van der Waals surface area (Å²) in [6.45, 7) is 0. The first-order valence-electron chi connectivity index (χ1n) is 3.43. The third-order valence-electron chi connectivity index (χ3n) is 1.46. The van der Waals surface area contributed by atoms with E-state index in [1.54, 1.807) is 4.72 Å². The Bertz CT molecular complexity index is 492. The number of nitriles is 1. The summed E-state index contributed by atoms with van der Waals surface area (Å²) in [5, 5.41) is 8.45. The Kier molecular flexibility index (Phi) is 2.84. The van der Waals surface area contributed by atoms with Gasteiger partial charge in [0.05, 0.1) is 15.6 Å². The van der Waals surface area contributed by atoms with Crippen molar-refractivity contribution in [1.82, 2.24) is 4.72 Å². The topological polar surface area (TPSA) is 96.0 Å². The van der Waals surface area contributed by atoms with Crippen LogP contribution in [-0.2, 0) is 10.0 Å². The highest BCUT2D eigenvalue weighted by atomic mass is 35.5. The van der Waals surface area contributed by atoms with Crippen LogP contribution in [0, 0.1) is 11.5 Å². The molecule has 0 aliphatic heterocycles. The summed E-state index contributed by atoms with van der Waals surface area (Å²) in [5.74, 6) is 0. The van der Waals surface area contributed by atoms with Gasteiger partial charge in [0.2, 0.25) is 0 Å². The van der Waals surface area contributed by atoms with Crippen LogP contribution in [0.3, 0.4) is 0 Å². The number of anilines is 1. The van der Waals surface area contributed by atoms with Gasteiger partial charge in [0.1, 0.15) is 0 Å². The van der Waals surface area contributed by atoms with Crippen LogP contribution in [0.1, 0.15) is 0 Å². The van der Waals surface area contributed by atoms with E-state index in [4.69, 9.17) is 22.6 Å². The largest absolute Gasteiger partial charge is 0.397 e. The number of halogens is 1. The summed E-state index contributed by atoms with van der Waals surface area (Å²) in [4.78, 5) is -0.0963. The molecule has 0 aromatic heterocycles. The summed E-state index contributed by atoms with van der Waals surface area (Å²) in [6, 6.07) is 3.79. The van der Waals surface area contributed by atoms with E-state index in [0.29, 0.717) is 0 Å². The minimum Gasteiger partial charge on any atom is -0.397 e. The number of nitrogens with zero attached hydrogens (tertiary/aromatic N) is 1. The predicted molar refractivity (Wildman–Crippen MR) is 51.8 cm³/mol. The summed E-state index contributed by atoms with van der Waals surface area (Å²) in [7, 11) is -3.80. The van der Waals surface area contributed by atoms with E-state index in [0.717, 1.165) is 0 Å². The lowest BCUT2D eigenvalue weighted by Crippen LogP contribution is -2.18. The van der Waals surface area contributed by atoms with E-state index in [1.165, 1.54) is 24.4 Å². The average molecular weight is 232 g/mol. The number of nitrogens with two attached hydrogens (primary N) is 1. The Morgan fingerprint density at radius 2 is 2.14 bits per heavy atom. The number of nitrogens with one attached hydrogen (secondary N) is 1. The molecule has 0 atom stereocenters. The predicted octanol–water partition coefficient (Wildman–Crippen LogP) is 0.682. The maximum absolute atomic E-state index is 11.3.